The molecule has 2 N–H and O–H groups in total. The third-order valence-electron chi connectivity index (χ3n) is 6.19. The fraction of sp³-hybridized carbons (Fsp3) is 0.765. The quantitative estimate of drug-likeness (QED) is 0.899. The molecule has 1 aliphatic heterocycles. The molecule has 2 aliphatic rings. The van der Waals surface area contributed by atoms with Crippen molar-refractivity contribution < 1.29 is 9.53 Å². The van der Waals surface area contributed by atoms with E-state index in [-0.39, 0.29) is 23.1 Å². The normalized spacial score (nSPS) is 33.1. The van der Waals surface area contributed by atoms with Crippen LogP contribution in [0.1, 0.15) is 51.8 Å². The Kier molecular flexibility index (Phi) is 4.12. The molecule has 3 rings (SSSR count). The topological polar surface area (TPSA) is 70.2 Å². The van der Waals surface area contributed by atoms with Crippen LogP contribution in [0.4, 0.5) is 4.79 Å². The fourth-order valence-corrected chi connectivity index (χ4v) is 3.85. The van der Waals surface area contributed by atoms with Gasteiger partial charge in [0.15, 0.2) is 0 Å². The minimum atomic E-state index is -0.163. The van der Waals surface area contributed by atoms with E-state index < -0.39 is 0 Å². The number of H-pyrrole nitrogens is 1. The summed E-state index contributed by atoms with van der Waals surface area (Å²) >= 11 is 0. The number of aromatic nitrogens is 2. The summed E-state index contributed by atoms with van der Waals surface area (Å²) in [6.07, 6.45) is 6.57. The van der Waals surface area contributed by atoms with E-state index in [1.807, 2.05) is 11.1 Å². The van der Waals surface area contributed by atoms with E-state index in [1.165, 1.54) is 0 Å². The number of nitrogens with one attached hydrogen (secondary N) is 2. The molecule has 1 aliphatic carbocycles. The Labute approximate surface area is 138 Å². The maximum Gasteiger partial charge on any atom is 0.317 e. The molecular formula is C17H28N4O2. The SMILES string of the molecule is CO[C@]1(C)C[C@@H](NC(=O)N2CCC[C@@H](c3ncc[nH]3)C2)C1(C)C. The van der Waals surface area contributed by atoms with Crippen LogP contribution in [0.25, 0.3) is 0 Å². The second-order valence-corrected chi connectivity index (χ2v) is 7.62. The van der Waals surface area contributed by atoms with Crippen LogP contribution in [-0.2, 0) is 4.74 Å². The predicted octanol–water partition coefficient (Wildman–Crippen LogP) is 2.50. The molecular weight excluding hydrogens is 292 g/mol. The number of nitrogens with zero attached hydrogens (tertiary/aromatic N) is 2. The predicted molar refractivity (Wildman–Crippen MR) is 88.3 cm³/mol. The van der Waals surface area contributed by atoms with Gasteiger partial charge in [-0.1, -0.05) is 13.8 Å². The van der Waals surface area contributed by atoms with Crippen molar-refractivity contribution in [2.75, 3.05) is 20.2 Å². The maximum absolute atomic E-state index is 12.6. The number of methoxy groups -OCH3 is 1. The Bertz CT molecular complexity index is 557. The van der Waals surface area contributed by atoms with E-state index in [0.29, 0.717) is 5.92 Å². The van der Waals surface area contributed by atoms with Crippen LogP contribution in [0.15, 0.2) is 12.4 Å². The smallest absolute Gasteiger partial charge is 0.317 e. The molecule has 0 spiro atoms. The first-order chi connectivity index (χ1) is 10.9. The third kappa shape index (κ3) is 2.73. The van der Waals surface area contributed by atoms with Crippen molar-refractivity contribution >= 4 is 6.03 Å². The van der Waals surface area contributed by atoms with Gasteiger partial charge in [0.2, 0.25) is 0 Å². The molecule has 2 fully saturated rings. The molecule has 128 valence electrons. The zero-order chi connectivity index (χ0) is 16.7. The van der Waals surface area contributed by atoms with Gasteiger partial charge in [-0.2, -0.15) is 0 Å². The lowest BCUT2D eigenvalue weighted by Crippen LogP contribution is -2.69. The summed E-state index contributed by atoms with van der Waals surface area (Å²) in [5.41, 5.74) is -0.225. The van der Waals surface area contributed by atoms with E-state index >= 15 is 0 Å². The van der Waals surface area contributed by atoms with Crippen LogP contribution in [0, 0.1) is 5.41 Å². The van der Waals surface area contributed by atoms with E-state index in [9.17, 15) is 4.79 Å². The molecule has 6 nitrogen and oxygen atoms in total. The average Bonchev–Trinajstić information content (AvgIpc) is 3.08. The number of aromatic amines is 1. The fourth-order valence-electron chi connectivity index (χ4n) is 3.85. The van der Waals surface area contributed by atoms with Gasteiger partial charge in [0.25, 0.3) is 0 Å². The average molecular weight is 320 g/mol. The highest BCUT2D eigenvalue weighted by atomic mass is 16.5. The van der Waals surface area contributed by atoms with E-state index in [0.717, 1.165) is 38.2 Å². The van der Waals surface area contributed by atoms with Crippen molar-refractivity contribution in [2.45, 2.75) is 57.6 Å². The number of imidazole rings is 1. The van der Waals surface area contributed by atoms with Crippen LogP contribution in [0.3, 0.4) is 0 Å². The second-order valence-electron chi connectivity index (χ2n) is 7.62. The first-order valence-corrected chi connectivity index (χ1v) is 8.47. The molecule has 0 bridgehead atoms. The van der Waals surface area contributed by atoms with Gasteiger partial charge >= 0.3 is 6.03 Å². The molecule has 1 saturated heterocycles. The number of likely N-dealkylation sites (tertiary alicyclic amines) is 1. The highest BCUT2D eigenvalue weighted by Crippen LogP contribution is 2.51. The van der Waals surface area contributed by atoms with E-state index in [2.05, 4.69) is 36.1 Å². The van der Waals surface area contributed by atoms with Crippen molar-refractivity contribution in [3.8, 4) is 0 Å². The molecule has 1 aromatic heterocycles. The van der Waals surface area contributed by atoms with Crippen LogP contribution in [0.5, 0.6) is 0 Å². The van der Waals surface area contributed by atoms with Crippen LogP contribution in [-0.4, -0.2) is 52.7 Å². The number of carbonyl (C=O) groups is 1. The van der Waals surface area contributed by atoms with Crippen LogP contribution in [0.2, 0.25) is 0 Å². The molecule has 3 atom stereocenters. The zero-order valence-electron chi connectivity index (χ0n) is 14.6. The molecule has 1 saturated carbocycles. The van der Waals surface area contributed by atoms with Gasteiger partial charge < -0.3 is 19.9 Å². The Morgan fingerprint density at radius 1 is 1.48 bits per heavy atom. The van der Waals surface area contributed by atoms with Crippen molar-refractivity contribution in [3.63, 3.8) is 0 Å². The number of urea groups is 1. The van der Waals surface area contributed by atoms with Gasteiger partial charge in [0.05, 0.1) is 5.60 Å². The van der Waals surface area contributed by atoms with Gasteiger partial charge in [-0.25, -0.2) is 9.78 Å². The number of carbonyl (C=O) groups excluding carboxylic acids is 1. The number of hydrogen-bond acceptors (Lipinski definition) is 3. The van der Waals surface area contributed by atoms with Crippen molar-refractivity contribution in [1.82, 2.24) is 20.2 Å². The lowest BCUT2D eigenvalue weighted by atomic mass is 9.56. The Morgan fingerprint density at radius 2 is 2.26 bits per heavy atom. The summed E-state index contributed by atoms with van der Waals surface area (Å²) in [6.45, 7) is 7.98. The minimum Gasteiger partial charge on any atom is -0.378 e. The lowest BCUT2D eigenvalue weighted by molar-refractivity contribution is -0.177. The third-order valence-corrected chi connectivity index (χ3v) is 6.19. The molecule has 1 aromatic rings. The Hall–Kier alpha value is -1.56. The van der Waals surface area contributed by atoms with Crippen molar-refractivity contribution in [3.05, 3.63) is 18.2 Å². The number of piperidine rings is 1. The maximum atomic E-state index is 12.6. The van der Waals surface area contributed by atoms with Gasteiger partial charge in [0, 0.05) is 50.0 Å². The molecule has 2 heterocycles. The van der Waals surface area contributed by atoms with E-state index in [1.54, 1.807) is 13.3 Å². The summed E-state index contributed by atoms with van der Waals surface area (Å²) in [4.78, 5) is 22.1. The molecule has 2 amide bonds. The van der Waals surface area contributed by atoms with Gasteiger partial charge in [-0.3, -0.25) is 0 Å². The summed E-state index contributed by atoms with van der Waals surface area (Å²) in [5, 5.41) is 3.21. The van der Waals surface area contributed by atoms with Gasteiger partial charge in [0.1, 0.15) is 5.82 Å². The highest BCUT2D eigenvalue weighted by Gasteiger charge is 2.58. The Morgan fingerprint density at radius 3 is 2.87 bits per heavy atom. The van der Waals surface area contributed by atoms with E-state index in [4.69, 9.17) is 4.74 Å². The minimum absolute atomic E-state index is 0.0393. The van der Waals surface area contributed by atoms with Crippen LogP contribution < -0.4 is 5.32 Å². The molecule has 6 heteroatoms. The molecule has 0 unspecified atom stereocenters. The zero-order valence-corrected chi connectivity index (χ0v) is 14.6. The lowest BCUT2D eigenvalue weighted by Gasteiger charge is -2.59. The number of amides is 2. The molecule has 23 heavy (non-hydrogen) atoms. The van der Waals surface area contributed by atoms with Crippen molar-refractivity contribution in [2.24, 2.45) is 5.41 Å². The highest BCUT2D eigenvalue weighted by molar-refractivity contribution is 5.75. The van der Waals surface area contributed by atoms with Crippen molar-refractivity contribution in [1.29, 1.82) is 0 Å². The molecule has 0 radical (unpaired) electrons. The summed E-state index contributed by atoms with van der Waals surface area (Å²) in [5.74, 6) is 1.29. The molecule has 0 aromatic carbocycles. The van der Waals surface area contributed by atoms with Gasteiger partial charge in [-0.05, 0) is 26.2 Å². The number of ether oxygens (including phenoxy) is 1. The van der Waals surface area contributed by atoms with Gasteiger partial charge in [-0.15, -0.1) is 0 Å². The first-order valence-electron chi connectivity index (χ1n) is 8.47. The second kappa shape index (κ2) is 5.82. The van der Waals surface area contributed by atoms with Crippen LogP contribution >= 0.6 is 0 Å². The monoisotopic (exact) mass is 320 g/mol. The largest absolute Gasteiger partial charge is 0.378 e. The summed E-state index contributed by atoms with van der Waals surface area (Å²) in [7, 11) is 1.75. The number of rotatable bonds is 3. The first kappa shape index (κ1) is 16.3. The number of hydrogen-bond donors (Lipinski definition) is 2. The summed E-state index contributed by atoms with van der Waals surface area (Å²) in [6, 6.07) is 0.196. The standard InChI is InChI=1S/C17H28N4O2/c1-16(2)13(10-17(16,3)23-4)20-15(22)21-9-5-6-12(11-21)14-18-7-8-19-14/h7-8,12-13H,5-6,9-11H2,1-4H3,(H,18,19)(H,20,22)/t12-,13-,17-/m1/s1. The summed E-state index contributed by atoms with van der Waals surface area (Å²) < 4.78 is 5.63. The Balaban J connectivity index is 1.59.